The van der Waals surface area contributed by atoms with Crippen molar-refractivity contribution in [2.24, 2.45) is 5.92 Å². The van der Waals surface area contributed by atoms with E-state index in [2.05, 4.69) is 31.9 Å². The number of ether oxygens (including phenoxy) is 1. The van der Waals surface area contributed by atoms with Crippen LogP contribution in [0.1, 0.15) is 35.1 Å². The molecule has 4 atom stereocenters. The number of carbonyl (C=O) groups excluding carboxylic acids is 2. The molecule has 1 N–H and O–H groups in total. The number of hydrogen-bond donors (Lipinski definition) is 1. The zero-order valence-corrected chi connectivity index (χ0v) is 29.8. The Bertz CT molecular complexity index is 2400. The maximum absolute atomic E-state index is 15.2. The number of allylic oxidation sites excluding steroid dienone is 4. The number of fused-ring (bicyclic) bond motifs is 4. The van der Waals surface area contributed by atoms with Crippen molar-refractivity contribution in [2.45, 2.75) is 30.3 Å². The van der Waals surface area contributed by atoms with Gasteiger partial charge in [-0.25, -0.2) is 23.5 Å². The number of aromatic hydroxyl groups is 1. The van der Waals surface area contributed by atoms with E-state index in [-0.39, 0.29) is 36.0 Å². The van der Waals surface area contributed by atoms with Gasteiger partial charge in [-0.1, -0.05) is 84.9 Å². The minimum Gasteiger partial charge on any atom is -0.503 e. The first-order valence-electron chi connectivity index (χ1n) is 16.1. The van der Waals surface area contributed by atoms with Crippen LogP contribution in [0.3, 0.4) is 0 Å². The van der Waals surface area contributed by atoms with Gasteiger partial charge in [-0.2, -0.15) is 0 Å². The maximum atomic E-state index is 15.2. The summed E-state index contributed by atoms with van der Waals surface area (Å²) < 4.78 is 10.4. The zero-order chi connectivity index (χ0) is 34.9. The number of phenols is 1. The lowest BCUT2D eigenvalue weighted by molar-refractivity contribution is -0.133. The number of aromatic nitrogens is 3. The molecular formula is C39H29Br2N3O6. The molecule has 1 aromatic heterocycles. The molecule has 0 saturated heterocycles. The second kappa shape index (κ2) is 12.1. The highest BCUT2D eigenvalue weighted by Gasteiger charge is 2.63. The summed E-state index contributed by atoms with van der Waals surface area (Å²) in [5.41, 5.74) is 0.755. The third-order valence-corrected chi connectivity index (χ3v) is 12.5. The first kappa shape index (κ1) is 32.2. The normalized spacial score (nSPS) is 22.6. The number of hydrogen-bond acceptors (Lipinski definition) is 6. The van der Waals surface area contributed by atoms with E-state index in [1.165, 1.54) is 22.5 Å². The summed E-state index contributed by atoms with van der Waals surface area (Å²) in [5, 5.41) is 11.0. The fourth-order valence-electron chi connectivity index (χ4n) is 8.26. The smallest absolute Gasteiger partial charge is 0.352 e. The van der Waals surface area contributed by atoms with Crippen molar-refractivity contribution in [1.82, 2.24) is 13.9 Å². The quantitative estimate of drug-likeness (QED) is 0.204. The molecule has 3 aliphatic rings. The van der Waals surface area contributed by atoms with Crippen LogP contribution in [0.2, 0.25) is 0 Å². The Morgan fingerprint density at radius 2 is 1.48 bits per heavy atom. The molecule has 0 radical (unpaired) electrons. The minimum atomic E-state index is -1.46. The largest absolute Gasteiger partial charge is 0.503 e. The molecule has 4 unspecified atom stereocenters. The first-order chi connectivity index (χ1) is 24.2. The number of phenolic OH excluding ortho intramolecular Hbond substituents is 1. The Balaban J connectivity index is 1.46. The average Bonchev–Trinajstić information content (AvgIpc) is 3.41. The summed E-state index contributed by atoms with van der Waals surface area (Å²) in [5.74, 6) is -2.27. The summed E-state index contributed by atoms with van der Waals surface area (Å²) in [6.07, 6.45) is 3.45. The molecule has 0 spiro atoms. The van der Waals surface area contributed by atoms with Crippen molar-refractivity contribution in [3.05, 3.63) is 161 Å². The average molecular weight is 795 g/mol. The highest BCUT2D eigenvalue weighted by atomic mass is 79.9. The molecule has 4 aromatic carbocycles. The van der Waals surface area contributed by atoms with Crippen LogP contribution in [0, 0.1) is 5.92 Å². The summed E-state index contributed by atoms with van der Waals surface area (Å²) in [7, 11) is 1.44. The van der Waals surface area contributed by atoms with Gasteiger partial charge in [0.2, 0.25) is 0 Å². The molecule has 0 bridgehead atoms. The maximum Gasteiger partial charge on any atom is 0.352 e. The number of nitrogens with zero attached hydrogens (tertiary/aromatic N) is 3. The van der Waals surface area contributed by atoms with Crippen LogP contribution in [-0.4, -0.2) is 37.7 Å². The molecule has 11 heteroatoms. The fraction of sp³-hybridized carbons (Fsp3) is 0.179. The van der Waals surface area contributed by atoms with Crippen molar-refractivity contribution in [3.8, 4) is 17.2 Å². The molecule has 2 heterocycles. The van der Waals surface area contributed by atoms with Crippen molar-refractivity contribution < 1.29 is 19.4 Å². The van der Waals surface area contributed by atoms with E-state index in [0.29, 0.717) is 42.5 Å². The van der Waals surface area contributed by atoms with Crippen LogP contribution in [0.4, 0.5) is 0 Å². The topological polar surface area (TPSA) is 113 Å². The highest BCUT2D eigenvalue weighted by Crippen LogP contribution is 2.63. The van der Waals surface area contributed by atoms with E-state index in [9.17, 15) is 14.7 Å². The van der Waals surface area contributed by atoms with Gasteiger partial charge in [0, 0.05) is 21.9 Å². The summed E-state index contributed by atoms with van der Waals surface area (Å²) >= 11 is 7.22. The van der Waals surface area contributed by atoms with Crippen LogP contribution < -0.4 is 16.1 Å². The summed E-state index contributed by atoms with van der Waals surface area (Å²) in [6.45, 7) is 0.0625. The number of Topliss-reactive ketones (excluding diaryl/α,β-unsaturated/α-hetero) is 1. The number of para-hydroxylation sites is 1. The molecule has 8 rings (SSSR count). The number of methoxy groups -OCH3 is 1. The van der Waals surface area contributed by atoms with Gasteiger partial charge in [-0.15, -0.1) is 0 Å². The van der Waals surface area contributed by atoms with Gasteiger partial charge in [0.05, 0.1) is 35.3 Å². The number of benzene rings is 4. The van der Waals surface area contributed by atoms with E-state index in [1.54, 1.807) is 42.5 Å². The monoisotopic (exact) mass is 793 g/mol. The Morgan fingerprint density at radius 3 is 2.14 bits per heavy atom. The van der Waals surface area contributed by atoms with Crippen molar-refractivity contribution in [3.63, 3.8) is 0 Å². The fourth-order valence-corrected chi connectivity index (χ4v) is 9.21. The Morgan fingerprint density at radius 1 is 0.840 bits per heavy atom. The van der Waals surface area contributed by atoms with Crippen molar-refractivity contribution in [2.75, 3.05) is 7.11 Å². The molecule has 1 aliphatic heterocycles. The molecule has 1 fully saturated rings. The van der Waals surface area contributed by atoms with Gasteiger partial charge < -0.3 is 9.84 Å². The molecule has 2 aliphatic carbocycles. The molecule has 0 amide bonds. The van der Waals surface area contributed by atoms with E-state index in [4.69, 9.17) is 4.74 Å². The summed E-state index contributed by atoms with van der Waals surface area (Å²) in [4.78, 5) is 58.6. The molecule has 9 nitrogen and oxygen atoms in total. The number of carbonyl (C=O) groups is 2. The molecule has 5 aromatic rings. The first-order valence-corrected chi connectivity index (χ1v) is 17.6. The minimum absolute atomic E-state index is 0.0625. The van der Waals surface area contributed by atoms with E-state index >= 15 is 9.59 Å². The lowest BCUT2D eigenvalue weighted by atomic mass is 9.47. The Labute approximate surface area is 303 Å². The second-order valence-corrected chi connectivity index (χ2v) is 14.2. The van der Waals surface area contributed by atoms with Crippen LogP contribution in [0.25, 0.3) is 11.3 Å². The van der Waals surface area contributed by atoms with Gasteiger partial charge in [-0.3, -0.25) is 9.59 Å². The van der Waals surface area contributed by atoms with E-state index in [0.717, 1.165) is 4.57 Å². The molecule has 1 saturated carbocycles. The van der Waals surface area contributed by atoms with E-state index < -0.39 is 34.7 Å². The van der Waals surface area contributed by atoms with Gasteiger partial charge in [-0.05, 0) is 84.8 Å². The standard InChI is InChI=1S/C39H29Br2N3O6/c1-50-30-19-27(33(40)34(41)36(30)47)32-25-17-18-42-37(48)43(24-15-9-4-10-16-24)38(49)44(42)29(25)21-28-35(46)26(22-11-5-2-6-12-22)20-31(45)39(28,32)23-13-7-3-8-14-23/h2-17,19-20,28-29,32,47H,18,21H2,1H3. The van der Waals surface area contributed by atoms with Gasteiger partial charge >= 0.3 is 11.4 Å². The van der Waals surface area contributed by atoms with Gasteiger partial charge in [0.1, 0.15) is 0 Å². The van der Waals surface area contributed by atoms with E-state index in [1.807, 2.05) is 60.7 Å². The highest BCUT2D eigenvalue weighted by molar-refractivity contribution is 9.13. The van der Waals surface area contributed by atoms with Gasteiger partial charge in [0.15, 0.2) is 23.1 Å². The van der Waals surface area contributed by atoms with Gasteiger partial charge in [0.25, 0.3) is 0 Å². The third-order valence-electron chi connectivity index (χ3n) is 10.4. The second-order valence-electron chi connectivity index (χ2n) is 12.6. The SMILES string of the molecule is COc1cc(C2C3=CCn4c(=O)n(-c5ccccc5)c(=O)n4C3CC3C(=O)C(c4ccccc4)=CC(=O)C32c2ccccc2)c(Br)c(Br)c1O. The molecule has 250 valence electrons. The predicted octanol–water partition coefficient (Wildman–Crippen LogP) is 6.50. The Hall–Kier alpha value is -5.00. The molecular weight excluding hydrogens is 766 g/mol. The Kier molecular flexibility index (Phi) is 7.80. The van der Waals surface area contributed by atoms with Crippen molar-refractivity contribution >= 4 is 49.0 Å². The van der Waals surface area contributed by atoms with Crippen LogP contribution in [0.15, 0.2) is 133 Å². The number of halogens is 2. The number of ketones is 2. The van der Waals surface area contributed by atoms with Crippen molar-refractivity contribution in [1.29, 1.82) is 0 Å². The van der Waals surface area contributed by atoms with Crippen LogP contribution in [-0.2, 0) is 21.5 Å². The lowest BCUT2D eigenvalue weighted by Crippen LogP contribution is -2.58. The summed E-state index contributed by atoms with van der Waals surface area (Å²) in [6, 6.07) is 28.0. The zero-order valence-electron chi connectivity index (χ0n) is 26.6. The predicted molar refractivity (Wildman–Crippen MR) is 195 cm³/mol. The lowest BCUT2D eigenvalue weighted by Gasteiger charge is -2.54. The van der Waals surface area contributed by atoms with Crippen LogP contribution >= 0.6 is 31.9 Å². The number of rotatable bonds is 5. The van der Waals surface area contributed by atoms with Crippen LogP contribution in [0.5, 0.6) is 11.5 Å². The molecule has 50 heavy (non-hydrogen) atoms. The third kappa shape index (κ3) is 4.49.